The molecule has 1 aliphatic rings. The van der Waals surface area contributed by atoms with Crippen molar-refractivity contribution in [3.05, 3.63) is 70.8 Å². The molecule has 1 saturated heterocycles. The minimum atomic E-state index is -0.698. The van der Waals surface area contributed by atoms with Gasteiger partial charge in [0.05, 0.1) is 11.2 Å². The van der Waals surface area contributed by atoms with Gasteiger partial charge >= 0.3 is 0 Å². The Hall–Kier alpha value is -2.71. The minimum absolute atomic E-state index is 0.123. The number of carbonyl (C=O) groups is 1. The van der Waals surface area contributed by atoms with Crippen molar-refractivity contribution in [2.24, 2.45) is 0 Å². The van der Waals surface area contributed by atoms with Crippen LogP contribution in [0.3, 0.4) is 0 Å². The molecule has 5 heteroatoms. The maximum absolute atomic E-state index is 13.6. The Labute approximate surface area is 151 Å². The fraction of sp³-hybridized carbons (Fsp3) is 0.286. The highest BCUT2D eigenvalue weighted by Crippen LogP contribution is 2.24. The zero-order chi connectivity index (χ0) is 18.6. The average Bonchev–Trinajstić information content (AvgIpc) is 3.06. The molecule has 0 bridgehead atoms. The molecule has 1 unspecified atom stereocenters. The number of amides is 1. The van der Waals surface area contributed by atoms with Gasteiger partial charge in [-0.25, -0.2) is 8.78 Å². The van der Waals surface area contributed by atoms with Crippen molar-refractivity contribution in [2.75, 3.05) is 13.2 Å². The van der Waals surface area contributed by atoms with Crippen LogP contribution in [-0.2, 0) is 4.74 Å². The SMILES string of the molecule is CC1(CNC(=O)c2ccc(C#Cc3ccc(F)cc3F)cc2)CCCO1. The summed E-state index contributed by atoms with van der Waals surface area (Å²) in [7, 11) is 0. The normalized spacial score (nSPS) is 18.9. The van der Waals surface area contributed by atoms with Gasteiger partial charge in [0.15, 0.2) is 0 Å². The number of nitrogens with one attached hydrogen (secondary N) is 1. The van der Waals surface area contributed by atoms with E-state index in [1.165, 1.54) is 6.07 Å². The van der Waals surface area contributed by atoms with Crippen LogP contribution in [0.25, 0.3) is 0 Å². The standard InChI is InChI=1S/C21H19F2NO2/c1-21(11-2-12-26-21)14-24-20(25)17-7-4-15(5-8-17)3-6-16-9-10-18(22)13-19(16)23/h4-5,7-10,13H,2,11-12,14H2,1H3,(H,24,25). The van der Waals surface area contributed by atoms with Gasteiger partial charge in [0.25, 0.3) is 5.91 Å². The lowest BCUT2D eigenvalue weighted by atomic mass is 10.0. The van der Waals surface area contributed by atoms with E-state index >= 15 is 0 Å². The monoisotopic (exact) mass is 355 g/mol. The summed E-state index contributed by atoms with van der Waals surface area (Å²) >= 11 is 0. The largest absolute Gasteiger partial charge is 0.373 e. The predicted molar refractivity (Wildman–Crippen MR) is 94.7 cm³/mol. The van der Waals surface area contributed by atoms with Crippen LogP contribution in [0.1, 0.15) is 41.3 Å². The highest BCUT2D eigenvalue weighted by atomic mass is 19.1. The molecule has 1 atom stereocenters. The van der Waals surface area contributed by atoms with Crippen molar-refractivity contribution in [3.8, 4) is 11.8 Å². The quantitative estimate of drug-likeness (QED) is 0.854. The first-order valence-electron chi connectivity index (χ1n) is 8.44. The van der Waals surface area contributed by atoms with Crippen LogP contribution in [0.15, 0.2) is 42.5 Å². The van der Waals surface area contributed by atoms with Crippen LogP contribution in [0, 0.1) is 23.5 Å². The molecule has 26 heavy (non-hydrogen) atoms. The van der Waals surface area contributed by atoms with Crippen molar-refractivity contribution in [1.82, 2.24) is 5.32 Å². The molecule has 3 nitrogen and oxygen atoms in total. The second-order valence-corrected chi connectivity index (χ2v) is 6.54. The molecule has 1 fully saturated rings. The van der Waals surface area contributed by atoms with Crippen LogP contribution < -0.4 is 5.32 Å². The number of rotatable bonds is 3. The van der Waals surface area contributed by atoms with E-state index in [4.69, 9.17) is 4.74 Å². The van der Waals surface area contributed by atoms with Crippen molar-refractivity contribution < 1.29 is 18.3 Å². The van der Waals surface area contributed by atoms with E-state index in [0.29, 0.717) is 17.7 Å². The molecule has 0 aromatic heterocycles. The Morgan fingerprint density at radius 3 is 2.62 bits per heavy atom. The van der Waals surface area contributed by atoms with Crippen molar-refractivity contribution in [1.29, 1.82) is 0 Å². The maximum Gasteiger partial charge on any atom is 0.251 e. The number of ether oxygens (including phenoxy) is 1. The number of benzene rings is 2. The molecular formula is C21H19F2NO2. The van der Waals surface area contributed by atoms with E-state index in [0.717, 1.165) is 31.6 Å². The summed E-state index contributed by atoms with van der Waals surface area (Å²) in [6.45, 7) is 3.19. The van der Waals surface area contributed by atoms with Crippen LogP contribution >= 0.6 is 0 Å². The molecule has 0 saturated carbocycles. The van der Waals surface area contributed by atoms with Crippen LogP contribution in [-0.4, -0.2) is 24.7 Å². The zero-order valence-corrected chi connectivity index (χ0v) is 14.4. The van der Waals surface area contributed by atoms with Crippen molar-refractivity contribution in [2.45, 2.75) is 25.4 Å². The van der Waals surface area contributed by atoms with E-state index in [2.05, 4.69) is 17.2 Å². The Morgan fingerprint density at radius 2 is 1.96 bits per heavy atom. The molecule has 1 amide bonds. The third kappa shape index (κ3) is 4.47. The molecule has 0 aliphatic carbocycles. The second-order valence-electron chi connectivity index (χ2n) is 6.54. The molecule has 2 aromatic carbocycles. The Morgan fingerprint density at radius 1 is 1.19 bits per heavy atom. The molecule has 1 aliphatic heterocycles. The molecule has 1 heterocycles. The van der Waals surface area contributed by atoms with E-state index in [1.54, 1.807) is 24.3 Å². The van der Waals surface area contributed by atoms with Crippen molar-refractivity contribution >= 4 is 5.91 Å². The fourth-order valence-electron chi connectivity index (χ4n) is 2.78. The maximum atomic E-state index is 13.6. The highest BCUT2D eigenvalue weighted by Gasteiger charge is 2.30. The zero-order valence-electron chi connectivity index (χ0n) is 14.4. The van der Waals surface area contributed by atoms with E-state index in [9.17, 15) is 13.6 Å². The lowest BCUT2D eigenvalue weighted by molar-refractivity contribution is 0.0206. The summed E-state index contributed by atoms with van der Waals surface area (Å²) in [6, 6.07) is 9.97. The number of hydrogen-bond acceptors (Lipinski definition) is 2. The summed E-state index contributed by atoms with van der Waals surface area (Å²) in [4.78, 5) is 12.2. The first-order chi connectivity index (χ1) is 12.5. The summed E-state index contributed by atoms with van der Waals surface area (Å²) in [5.74, 6) is 3.96. The number of halogens is 2. The van der Waals surface area contributed by atoms with Gasteiger partial charge in [-0.05, 0) is 56.2 Å². The van der Waals surface area contributed by atoms with Crippen LogP contribution in [0.5, 0.6) is 0 Å². The van der Waals surface area contributed by atoms with Gasteiger partial charge in [-0.15, -0.1) is 0 Å². The van der Waals surface area contributed by atoms with E-state index in [1.807, 2.05) is 6.92 Å². The molecule has 1 N–H and O–H groups in total. The van der Waals surface area contributed by atoms with Gasteiger partial charge in [-0.2, -0.15) is 0 Å². The summed E-state index contributed by atoms with van der Waals surface area (Å²) in [6.07, 6.45) is 1.94. The smallest absolute Gasteiger partial charge is 0.251 e. The molecule has 134 valence electrons. The van der Waals surface area contributed by atoms with Gasteiger partial charge in [0.2, 0.25) is 0 Å². The van der Waals surface area contributed by atoms with Crippen LogP contribution in [0.4, 0.5) is 8.78 Å². The molecule has 0 radical (unpaired) electrons. The van der Waals surface area contributed by atoms with Gasteiger partial charge in [-0.3, -0.25) is 4.79 Å². The highest BCUT2D eigenvalue weighted by molar-refractivity contribution is 5.94. The Balaban J connectivity index is 1.63. The topological polar surface area (TPSA) is 38.3 Å². The summed E-state index contributed by atoms with van der Waals surface area (Å²) in [5.41, 5.74) is 0.986. The first-order valence-corrected chi connectivity index (χ1v) is 8.44. The minimum Gasteiger partial charge on any atom is -0.373 e. The van der Waals surface area contributed by atoms with Gasteiger partial charge < -0.3 is 10.1 Å². The van der Waals surface area contributed by atoms with Crippen LogP contribution in [0.2, 0.25) is 0 Å². The number of hydrogen-bond donors (Lipinski definition) is 1. The molecule has 2 aromatic rings. The lowest BCUT2D eigenvalue weighted by Gasteiger charge is -2.23. The third-order valence-electron chi connectivity index (χ3n) is 4.34. The fourth-order valence-corrected chi connectivity index (χ4v) is 2.78. The second kappa shape index (κ2) is 7.67. The van der Waals surface area contributed by atoms with Gasteiger partial charge in [0.1, 0.15) is 11.6 Å². The first kappa shape index (κ1) is 18.1. The van der Waals surface area contributed by atoms with Gasteiger partial charge in [0, 0.05) is 30.3 Å². The molecule has 0 spiro atoms. The third-order valence-corrected chi connectivity index (χ3v) is 4.34. The van der Waals surface area contributed by atoms with E-state index < -0.39 is 11.6 Å². The van der Waals surface area contributed by atoms with Gasteiger partial charge in [-0.1, -0.05) is 11.8 Å². The Kier molecular flexibility index (Phi) is 5.34. The average molecular weight is 355 g/mol. The molecular weight excluding hydrogens is 336 g/mol. The van der Waals surface area contributed by atoms with Crippen molar-refractivity contribution in [3.63, 3.8) is 0 Å². The summed E-state index contributed by atoms with van der Waals surface area (Å²) < 4.78 is 32.1. The Bertz CT molecular complexity index is 860. The molecule has 3 rings (SSSR count). The summed E-state index contributed by atoms with van der Waals surface area (Å²) in [5, 5.41) is 2.89. The number of carbonyl (C=O) groups excluding carboxylic acids is 1. The predicted octanol–water partition coefficient (Wildman–Crippen LogP) is 3.66. The lowest BCUT2D eigenvalue weighted by Crippen LogP contribution is -2.40. The van der Waals surface area contributed by atoms with E-state index in [-0.39, 0.29) is 17.1 Å².